The maximum atomic E-state index is 13.7. The van der Waals surface area contributed by atoms with E-state index >= 15 is 0 Å². The second kappa shape index (κ2) is 6.63. The summed E-state index contributed by atoms with van der Waals surface area (Å²) in [6.45, 7) is 0. The second-order valence-corrected chi connectivity index (χ2v) is 6.35. The maximum Gasteiger partial charge on any atom is 0.339 e. The summed E-state index contributed by atoms with van der Waals surface area (Å²) in [6, 6.07) is 10.4. The van der Waals surface area contributed by atoms with Gasteiger partial charge in [0.25, 0.3) is 0 Å². The topological polar surface area (TPSA) is 75.2 Å². The number of hydrogen-bond acceptors (Lipinski definition) is 3. The monoisotopic (exact) mass is 352 g/mol. The molecule has 0 bridgehead atoms. The molecule has 26 heavy (non-hydrogen) atoms. The van der Waals surface area contributed by atoms with Crippen molar-refractivity contribution in [2.24, 2.45) is 0 Å². The van der Waals surface area contributed by atoms with Crippen molar-refractivity contribution in [1.29, 1.82) is 0 Å². The summed E-state index contributed by atoms with van der Waals surface area (Å²) in [6.07, 6.45) is 5.82. The van der Waals surface area contributed by atoms with Gasteiger partial charge >= 0.3 is 5.97 Å². The van der Waals surface area contributed by atoms with Gasteiger partial charge in [0.15, 0.2) is 0 Å². The van der Waals surface area contributed by atoms with Crippen LogP contribution >= 0.6 is 0 Å². The first-order valence-electron chi connectivity index (χ1n) is 8.48. The Morgan fingerprint density at radius 2 is 1.92 bits per heavy atom. The zero-order chi connectivity index (χ0) is 18.1. The highest BCUT2D eigenvalue weighted by atomic mass is 19.1. The molecule has 3 aromatic rings. The predicted molar refractivity (Wildman–Crippen MR) is 94.1 cm³/mol. The molecular weight excluding hydrogens is 335 g/mol. The number of ether oxygens (including phenoxy) is 1. The number of aromatic amines is 1. The molecular formula is C20H17FN2O3. The molecule has 0 atom stereocenters. The van der Waals surface area contributed by atoms with E-state index in [-0.39, 0.29) is 16.9 Å². The number of halogens is 1. The Labute approximate surface area is 149 Å². The molecule has 1 aliphatic rings. The average molecular weight is 352 g/mol. The van der Waals surface area contributed by atoms with Crippen LogP contribution in [-0.2, 0) is 12.8 Å². The molecule has 0 spiro atoms. The van der Waals surface area contributed by atoms with Crippen molar-refractivity contribution in [3.05, 3.63) is 65.2 Å². The van der Waals surface area contributed by atoms with Crippen LogP contribution in [0.25, 0.3) is 11.1 Å². The Kier molecular flexibility index (Phi) is 4.16. The number of H-pyrrole nitrogens is 1. The number of carbonyl (C=O) groups is 1. The first kappa shape index (κ1) is 16.3. The summed E-state index contributed by atoms with van der Waals surface area (Å²) >= 11 is 0. The molecule has 4 rings (SSSR count). The molecule has 1 aromatic heterocycles. The molecule has 0 radical (unpaired) electrons. The van der Waals surface area contributed by atoms with Gasteiger partial charge in [-0.1, -0.05) is 12.1 Å². The Bertz CT molecular complexity index is 981. The molecule has 132 valence electrons. The third-order valence-electron chi connectivity index (χ3n) is 4.66. The van der Waals surface area contributed by atoms with Crippen molar-refractivity contribution in [3.63, 3.8) is 0 Å². The molecule has 0 saturated carbocycles. The third-order valence-corrected chi connectivity index (χ3v) is 4.66. The van der Waals surface area contributed by atoms with Gasteiger partial charge in [0.1, 0.15) is 17.1 Å². The number of hydrogen-bond donors (Lipinski definition) is 2. The zero-order valence-corrected chi connectivity index (χ0v) is 14.0. The van der Waals surface area contributed by atoms with E-state index in [1.165, 1.54) is 29.8 Å². The summed E-state index contributed by atoms with van der Waals surface area (Å²) in [4.78, 5) is 11.7. The number of rotatable bonds is 4. The van der Waals surface area contributed by atoms with Crippen LogP contribution in [0.1, 0.15) is 34.3 Å². The third kappa shape index (κ3) is 3.06. The largest absolute Gasteiger partial charge is 0.478 e. The zero-order valence-electron chi connectivity index (χ0n) is 14.0. The van der Waals surface area contributed by atoms with Gasteiger partial charge in [-0.25, -0.2) is 4.79 Å². The van der Waals surface area contributed by atoms with E-state index in [1.807, 2.05) is 18.2 Å². The van der Waals surface area contributed by atoms with Gasteiger partial charge in [-0.15, -0.1) is 5.10 Å². The number of aryl methyl sites for hydroxylation is 2. The molecule has 0 saturated heterocycles. The summed E-state index contributed by atoms with van der Waals surface area (Å²) in [5.41, 5.74) is 3.19. The summed E-state index contributed by atoms with van der Waals surface area (Å²) < 4.78 is 19.5. The lowest BCUT2D eigenvalue weighted by molar-refractivity contribution is 0.0694. The highest BCUT2D eigenvalue weighted by Crippen LogP contribution is 2.33. The number of carboxylic acid groups (broad SMARTS) is 1. The van der Waals surface area contributed by atoms with Gasteiger partial charge in [-0.05, 0) is 66.6 Å². The molecule has 5 nitrogen and oxygen atoms in total. The molecule has 2 N–H and O–H groups in total. The van der Waals surface area contributed by atoms with Crippen molar-refractivity contribution in [2.75, 3.05) is 0 Å². The van der Waals surface area contributed by atoms with Crippen molar-refractivity contribution < 1.29 is 19.0 Å². The fourth-order valence-corrected chi connectivity index (χ4v) is 3.33. The van der Waals surface area contributed by atoms with Gasteiger partial charge in [0.05, 0.1) is 5.56 Å². The lowest BCUT2D eigenvalue weighted by Gasteiger charge is -2.17. The molecule has 0 fully saturated rings. The standard InChI is InChI=1S/C20H17FN2O3/c21-19-17(11-22-23-19)14-6-8-18(16(10-14)20(24)25)26-15-7-5-12-3-1-2-4-13(12)9-15/h5-11H,1-4H2,(H,22,23)(H,24,25). The highest BCUT2D eigenvalue weighted by Gasteiger charge is 2.17. The quantitative estimate of drug-likeness (QED) is 0.720. The first-order valence-corrected chi connectivity index (χ1v) is 8.48. The maximum absolute atomic E-state index is 13.7. The number of carboxylic acids is 1. The summed E-state index contributed by atoms with van der Waals surface area (Å²) in [5, 5.41) is 15.4. The minimum atomic E-state index is -1.14. The van der Waals surface area contributed by atoms with Crippen molar-refractivity contribution >= 4 is 5.97 Å². The van der Waals surface area contributed by atoms with Gasteiger partial charge in [-0.3, -0.25) is 5.10 Å². The van der Waals surface area contributed by atoms with Crippen LogP contribution in [0.2, 0.25) is 0 Å². The Morgan fingerprint density at radius 3 is 2.65 bits per heavy atom. The highest BCUT2D eigenvalue weighted by molar-refractivity contribution is 5.92. The van der Waals surface area contributed by atoms with E-state index in [9.17, 15) is 14.3 Å². The van der Waals surface area contributed by atoms with Crippen molar-refractivity contribution in [1.82, 2.24) is 10.2 Å². The van der Waals surface area contributed by atoms with Crippen molar-refractivity contribution in [2.45, 2.75) is 25.7 Å². The van der Waals surface area contributed by atoms with E-state index in [0.717, 1.165) is 19.3 Å². The second-order valence-electron chi connectivity index (χ2n) is 6.35. The van der Waals surface area contributed by atoms with Crippen LogP contribution in [0, 0.1) is 5.95 Å². The number of fused-ring (bicyclic) bond motifs is 1. The number of nitrogens with zero attached hydrogens (tertiary/aromatic N) is 1. The van der Waals surface area contributed by atoms with Crippen LogP contribution in [0.3, 0.4) is 0 Å². The minimum Gasteiger partial charge on any atom is -0.478 e. The van der Waals surface area contributed by atoms with E-state index in [2.05, 4.69) is 10.2 Å². The molecule has 6 heteroatoms. The molecule has 0 aliphatic heterocycles. The van der Waals surface area contributed by atoms with E-state index in [4.69, 9.17) is 4.74 Å². The Morgan fingerprint density at radius 1 is 1.12 bits per heavy atom. The lowest BCUT2D eigenvalue weighted by atomic mass is 9.92. The first-order chi connectivity index (χ1) is 12.6. The smallest absolute Gasteiger partial charge is 0.339 e. The minimum absolute atomic E-state index is 0.0270. The molecule has 0 amide bonds. The molecule has 2 aromatic carbocycles. The number of nitrogens with one attached hydrogen (secondary N) is 1. The van der Waals surface area contributed by atoms with Crippen molar-refractivity contribution in [3.8, 4) is 22.6 Å². The van der Waals surface area contributed by atoms with Gasteiger partial charge < -0.3 is 9.84 Å². The number of aromatic carboxylic acids is 1. The van der Waals surface area contributed by atoms with Crippen LogP contribution in [0.4, 0.5) is 4.39 Å². The average Bonchev–Trinajstić information content (AvgIpc) is 3.08. The van der Waals surface area contributed by atoms with Crippen LogP contribution in [0.15, 0.2) is 42.6 Å². The van der Waals surface area contributed by atoms with Crippen LogP contribution in [-0.4, -0.2) is 21.3 Å². The van der Waals surface area contributed by atoms with Crippen LogP contribution < -0.4 is 4.74 Å². The number of benzene rings is 2. The molecule has 1 aliphatic carbocycles. The normalized spacial score (nSPS) is 13.3. The van der Waals surface area contributed by atoms with Gasteiger partial charge in [-0.2, -0.15) is 4.39 Å². The fourth-order valence-electron chi connectivity index (χ4n) is 3.33. The summed E-state index contributed by atoms with van der Waals surface area (Å²) in [7, 11) is 0. The van der Waals surface area contributed by atoms with Crippen LogP contribution in [0.5, 0.6) is 11.5 Å². The lowest BCUT2D eigenvalue weighted by Crippen LogP contribution is -2.03. The molecule has 1 heterocycles. The predicted octanol–water partition coefficient (Wildman–Crippen LogP) is 4.59. The van der Waals surface area contributed by atoms with E-state index in [1.54, 1.807) is 12.1 Å². The molecule has 0 unspecified atom stereocenters. The summed E-state index contributed by atoms with van der Waals surface area (Å²) in [5.74, 6) is -0.982. The van der Waals surface area contributed by atoms with Gasteiger partial charge in [0.2, 0.25) is 5.95 Å². The SMILES string of the molecule is O=C(O)c1cc(-c2c[nH]nc2F)ccc1Oc1ccc2c(c1)CCCC2. The Balaban J connectivity index is 1.68. The van der Waals surface area contributed by atoms with E-state index in [0.29, 0.717) is 11.3 Å². The van der Waals surface area contributed by atoms with Gasteiger partial charge in [0, 0.05) is 6.20 Å². The fraction of sp³-hybridized carbons (Fsp3) is 0.200. The van der Waals surface area contributed by atoms with E-state index < -0.39 is 11.9 Å². The Hall–Kier alpha value is -3.15. The number of aromatic nitrogens is 2.